The minimum atomic E-state index is -4.98. The van der Waals surface area contributed by atoms with Crippen LogP contribution in [0.4, 0.5) is 0 Å². The summed E-state index contributed by atoms with van der Waals surface area (Å²) in [6, 6.07) is 2.79. The Kier molecular flexibility index (Phi) is 8.00. The van der Waals surface area contributed by atoms with Gasteiger partial charge in [-0.25, -0.2) is 9.25 Å². The van der Waals surface area contributed by atoms with Crippen LogP contribution in [-0.4, -0.2) is 52.4 Å². The third-order valence-electron chi connectivity index (χ3n) is 4.30. The first-order chi connectivity index (χ1) is 13.9. The molecule has 0 aromatic carbocycles. The summed E-state index contributed by atoms with van der Waals surface area (Å²) in [7, 11) is -9.97. The summed E-state index contributed by atoms with van der Waals surface area (Å²) in [6.45, 7) is 2.29. The van der Waals surface area contributed by atoms with Crippen LogP contribution in [0.15, 0.2) is 30.7 Å². The van der Waals surface area contributed by atoms with Crippen molar-refractivity contribution in [2.45, 2.75) is 37.9 Å². The molecule has 0 bridgehead atoms. The lowest BCUT2D eigenvalue weighted by Crippen LogP contribution is -2.40. The second kappa shape index (κ2) is 9.88. The van der Waals surface area contributed by atoms with Crippen molar-refractivity contribution >= 4 is 21.1 Å². The molecular formula is C15H25N6O7P2+. The highest BCUT2D eigenvalue weighted by atomic mass is 31.2. The number of carbonyl (C=O) groups excluding carboxylic acids is 1. The van der Waals surface area contributed by atoms with Gasteiger partial charge in [0.15, 0.2) is 24.3 Å². The van der Waals surface area contributed by atoms with E-state index in [1.807, 2.05) is 0 Å². The molecule has 13 nitrogen and oxygen atoms in total. The SMILES string of the molecule is CC(=O)NCc1cn(C(CN)C[n+]2ccc(CC(P(=O)(O)O)P(=O)(O)O)cc2)nn1. The average molecular weight is 463 g/mol. The highest BCUT2D eigenvalue weighted by Gasteiger charge is 2.43. The van der Waals surface area contributed by atoms with Crippen LogP contribution in [0.5, 0.6) is 0 Å². The van der Waals surface area contributed by atoms with Gasteiger partial charge in [-0.15, -0.1) is 5.10 Å². The molecule has 15 heteroatoms. The molecule has 30 heavy (non-hydrogen) atoms. The predicted molar refractivity (Wildman–Crippen MR) is 104 cm³/mol. The smallest absolute Gasteiger partial charge is 0.341 e. The Hall–Kier alpha value is -1.98. The van der Waals surface area contributed by atoms with Crippen LogP contribution in [-0.2, 0) is 33.4 Å². The van der Waals surface area contributed by atoms with Crippen molar-refractivity contribution in [1.82, 2.24) is 20.3 Å². The Bertz CT molecular complexity index is 933. The van der Waals surface area contributed by atoms with E-state index in [1.54, 1.807) is 27.8 Å². The molecule has 0 spiro atoms. The lowest BCUT2D eigenvalue weighted by Gasteiger charge is -2.19. The number of amides is 1. The standard InChI is InChI=1S/C15H24N6O7P2/c1-11(22)17-8-13-9-21(19-18-13)14(7-16)10-20-4-2-12(3-5-20)6-15(29(23,24)25)30(26,27)28/h2-5,9,14-15H,6-8,10,16H2,1H3,(H4-,17,22,23,24,25,26,27,28)/p+1. The quantitative estimate of drug-likeness (QED) is 0.180. The number of nitrogens with zero attached hydrogens (tertiary/aromatic N) is 4. The molecule has 2 aromatic heterocycles. The van der Waals surface area contributed by atoms with Gasteiger partial charge >= 0.3 is 15.2 Å². The molecule has 0 aliphatic carbocycles. The highest BCUT2D eigenvalue weighted by molar-refractivity contribution is 7.70. The monoisotopic (exact) mass is 463 g/mol. The summed E-state index contributed by atoms with van der Waals surface area (Å²) in [5.74, 6) is -0.185. The number of aromatic nitrogens is 4. The van der Waals surface area contributed by atoms with Crippen LogP contribution in [0.3, 0.4) is 0 Å². The van der Waals surface area contributed by atoms with E-state index in [0.29, 0.717) is 17.8 Å². The fraction of sp³-hybridized carbons (Fsp3) is 0.467. The predicted octanol–water partition coefficient (Wildman–Crippen LogP) is -1.37. The molecule has 2 aromatic rings. The molecule has 0 aliphatic heterocycles. The Balaban J connectivity index is 2.07. The second-order valence-electron chi connectivity index (χ2n) is 6.76. The first kappa shape index (κ1) is 24.3. The molecule has 2 rings (SSSR count). The van der Waals surface area contributed by atoms with E-state index in [2.05, 4.69) is 15.6 Å². The molecule has 1 atom stereocenters. The van der Waals surface area contributed by atoms with Crippen LogP contribution in [0.25, 0.3) is 0 Å². The van der Waals surface area contributed by atoms with Gasteiger partial charge in [0.25, 0.3) is 0 Å². The van der Waals surface area contributed by atoms with Crippen molar-refractivity contribution in [3.05, 3.63) is 42.0 Å². The van der Waals surface area contributed by atoms with Crippen molar-refractivity contribution in [3.63, 3.8) is 0 Å². The van der Waals surface area contributed by atoms with Crippen molar-refractivity contribution in [2.75, 3.05) is 6.54 Å². The van der Waals surface area contributed by atoms with Crippen molar-refractivity contribution in [1.29, 1.82) is 0 Å². The van der Waals surface area contributed by atoms with Crippen LogP contribution < -0.4 is 15.6 Å². The summed E-state index contributed by atoms with van der Waals surface area (Å²) < 4.78 is 26.2. The van der Waals surface area contributed by atoms with Gasteiger partial charge in [0.1, 0.15) is 11.7 Å². The Morgan fingerprint density at radius 2 is 1.83 bits per heavy atom. The first-order valence-corrected chi connectivity index (χ1v) is 12.2. The number of nitrogens with one attached hydrogen (secondary N) is 1. The van der Waals surface area contributed by atoms with Gasteiger partial charge in [-0.3, -0.25) is 13.9 Å². The van der Waals surface area contributed by atoms with E-state index in [1.165, 1.54) is 19.1 Å². The normalized spacial score (nSPS) is 13.4. The number of nitrogens with two attached hydrogens (primary N) is 1. The number of carbonyl (C=O) groups is 1. The number of hydrogen-bond acceptors (Lipinski definition) is 6. The van der Waals surface area contributed by atoms with E-state index in [0.717, 1.165) is 0 Å². The van der Waals surface area contributed by atoms with Crippen molar-refractivity contribution < 1.29 is 38.1 Å². The molecule has 0 radical (unpaired) electrons. The van der Waals surface area contributed by atoms with Gasteiger partial charge < -0.3 is 30.6 Å². The molecule has 0 saturated carbocycles. The van der Waals surface area contributed by atoms with Crippen LogP contribution in [0.1, 0.15) is 24.2 Å². The van der Waals surface area contributed by atoms with Gasteiger partial charge in [-0.1, -0.05) is 5.21 Å². The first-order valence-electron chi connectivity index (χ1n) is 8.83. The Morgan fingerprint density at radius 1 is 1.23 bits per heavy atom. The second-order valence-corrected chi connectivity index (χ2v) is 10.8. The largest absolute Gasteiger partial charge is 0.351 e. The third kappa shape index (κ3) is 7.06. The van der Waals surface area contributed by atoms with Crippen LogP contribution in [0, 0.1) is 0 Å². The molecule has 0 aliphatic rings. The maximum Gasteiger partial charge on any atom is 0.341 e. The zero-order chi connectivity index (χ0) is 22.5. The van der Waals surface area contributed by atoms with Gasteiger partial charge in [-0.2, -0.15) is 0 Å². The van der Waals surface area contributed by atoms with Gasteiger partial charge in [-0.05, 0) is 12.0 Å². The fourth-order valence-corrected chi connectivity index (χ4v) is 5.15. The molecule has 1 unspecified atom stereocenters. The summed E-state index contributed by atoms with van der Waals surface area (Å²) in [6.07, 6.45) is 4.44. The van der Waals surface area contributed by atoms with Gasteiger partial charge in [0.2, 0.25) is 5.91 Å². The molecule has 166 valence electrons. The van der Waals surface area contributed by atoms with Crippen LogP contribution in [0.2, 0.25) is 0 Å². The van der Waals surface area contributed by atoms with Crippen LogP contribution >= 0.6 is 15.2 Å². The van der Waals surface area contributed by atoms with E-state index in [4.69, 9.17) is 5.73 Å². The maximum atomic E-state index is 11.4. The summed E-state index contributed by atoms with van der Waals surface area (Å²) in [4.78, 5) is 47.9. The molecule has 2 heterocycles. The molecule has 0 fully saturated rings. The van der Waals surface area contributed by atoms with Crippen molar-refractivity contribution in [3.8, 4) is 0 Å². The van der Waals surface area contributed by atoms with Gasteiger partial charge in [0, 0.05) is 25.6 Å². The average Bonchev–Trinajstić information content (AvgIpc) is 3.10. The Labute approximate surface area is 172 Å². The van der Waals surface area contributed by atoms with E-state index in [9.17, 15) is 33.5 Å². The number of rotatable bonds is 10. The molecule has 1 amide bonds. The summed E-state index contributed by atoms with van der Waals surface area (Å²) in [5.41, 5.74) is 6.77. The van der Waals surface area contributed by atoms with Gasteiger partial charge in [0.05, 0.1) is 12.7 Å². The molecular weight excluding hydrogens is 438 g/mol. The highest BCUT2D eigenvalue weighted by Crippen LogP contribution is 2.60. The lowest BCUT2D eigenvalue weighted by atomic mass is 10.2. The zero-order valence-electron chi connectivity index (χ0n) is 16.1. The number of pyridine rings is 1. The summed E-state index contributed by atoms with van der Waals surface area (Å²) in [5, 5.41) is 8.53. The fourth-order valence-electron chi connectivity index (χ4n) is 2.69. The Morgan fingerprint density at radius 3 is 2.33 bits per heavy atom. The third-order valence-corrected chi connectivity index (χ3v) is 8.02. The summed E-state index contributed by atoms with van der Waals surface area (Å²) >= 11 is 0. The zero-order valence-corrected chi connectivity index (χ0v) is 17.9. The van der Waals surface area contributed by atoms with E-state index < -0.39 is 27.0 Å². The number of hydrogen-bond donors (Lipinski definition) is 6. The maximum absolute atomic E-state index is 11.4. The van der Waals surface area contributed by atoms with Crippen molar-refractivity contribution in [2.24, 2.45) is 5.73 Å². The minimum Gasteiger partial charge on any atom is -0.351 e. The van der Waals surface area contributed by atoms with E-state index >= 15 is 0 Å². The molecule has 7 N–H and O–H groups in total. The lowest BCUT2D eigenvalue weighted by molar-refractivity contribution is -0.701. The minimum absolute atomic E-state index is 0.185. The van der Waals surface area contributed by atoms with E-state index in [-0.39, 0.29) is 25.0 Å². The molecule has 0 saturated heterocycles. The topological polar surface area (TPSA) is 205 Å².